The molecule has 0 unspecified atom stereocenters. The van der Waals surface area contributed by atoms with Gasteiger partial charge in [-0.1, -0.05) is 23.7 Å². The highest BCUT2D eigenvalue weighted by atomic mass is 35.5. The number of benzene rings is 1. The first kappa shape index (κ1) is 24.3. The largest absolute Gasteiger partial charge is 0.465 e. The van der Waals surface area contributed by atoms with Gasteiger partial charge in [-0.25, -0.2) is 13.2 Å². The number of halogens is 1. The van der Waals surface area contributed by atoms with Gasteiger partial charge in [-0.15, -0.1) is 0 Å². The third-order valence-electron chi connectivity index (χ3n) is 7.62. The quantitative estimate of drug-likeness (QED) is 0.686. The molecule has 10 heteroatoms. The van der Waals surface area contributed by atoms with E-state index in [4.69, 9.17) is 11.6 Å². The average Bonchev–Trinajstić information content (AvgIpc) is 3.24. The molecule has 0 aromatic heterocycles. The summed E-state index contributed by atoms with van der Waals surface area (Å²) in [5.41, 5.74) is 0.981. The van der Waals surface area contributed by atoms with Crippen LogP contribution in [0.2, 0.25) is 5.02 Å². The number of amides is 2. The van der Waals surface area contributed by atoms with Crippen molar-refractivity contribution in [3.8, 4) is 0 Å². The number of nitrogens with zero attached hydrogens (tertiary/aromatic N) is 3. The Bertz CT molecular complexity index is 964. The van der Waals surface area contributed by atoms with Gasteiger partial charge in [0.05, 0.1) is 17.5 Å². The molecule has 8 nitrogen and oxygen atoms in total. The molecule has 0 radical (unpaired) electrons. The molecule has 2 atom stereocenters. The van der Waals surface area contributed by atoms with Crippen LogP contribution in [0.1, 0.15) is 37.2 Å². The lowest BCUT2D eigenvalue weighted by Crippen LogP contribution is -2.48. The SMILES string of the molecule is CN(C(=O)O)[C@@H]1CN(C(=O)C2CCN(C3CCS(=O)(=O)CC3)CC2)C[C@H]1c1ccc(Cl)cc1. The summed E-state index contributed by atoms with van der Waals surface area (Å²) >= 11 is 6.03. The summed E-state index contributed by atoms with van der Waals surface area (Å²) in [6.45, 7) is 2.47. The van der Waals surface area contributed by atoms with Crippen LogP contribution in [-0.2, 0) is 14.6 Å². The van der Waals surface area contributed by atoms with E-state index in [-0.39, 0.29) is 35.3 Å². The number of carbonyl (C=O) groups excluding carboxylic acids is 1. The Balaban J connectivity index is 1.39. The normalized spacial score (nSPS) is 26.9. The molecule has 3 fully saturated rings. The molecular weight excluding hydrogens is 466 g/mol. The summed E-state index contributed by atoms with van der Waals surface area (Å²) in [6, 6.07) is 7.40. The van der Waals surface area contributed by atoms with E-state index in [1.54, 1.807) is 19.2 Å². The van der Waals surface area contributed by atoms with Crippen LogP contribution in [0.3, 0.4) is 0 Å². The van der Waals surface area contributed by atoms with Gasteiger partial charge in [0.1, 0.15) is 9.84 Å². The van der Waals surface area contributed by atoms with Crippen LogP contribution in [0.5, 0.6) is 0 Å². The Labute approximate surface area is 200 Å². The minimum atomic E-state index is -2.88. The number of piperidine rings is 1. The molecular formula is C23H32ClN3O5S. The summed E-state index contributed by atoms with van der Waals surface area (Å²) in [4.78, 5) is 30.5. The highest BCUT2D eigenvalue weighted by Crippen LogP contribution is 2.34. The van der Waals surface area contributed by atoms with E-state index in [9.17, 15) is 23.1 Å². The van der Waals surface area contributed by atoms with E-state index in [0.717, 1.165) is 31.5 Å². The Morgan fingerprint density at radius 2 is 1.64 bits per heavy atom. The highest BCUT2D eigenvalue weighted by Gasteiger charge is 2.42. The molecule has 3 heterocycles. The van der Waals surface area contributed by atoms with E-state index >= 15 is 0 Å². The summed E-state index contributed by atoms with van der Waals surface area (Å²) in [5, 5.41) is 10.2. The minimum absolute atomic E-state index is 0.0756. The Kier molecular flexibility index (Phi) is 7.21. The second kappa shape index (κ2) is 9.80. The van der Waals surface area contributed by atoms with Crippen LogP contribution in [0.25, 0.3) is 0 Å². The zero-order chi connectivity index (χ0) is 23.8. The fourth-order valence-corrected chi connectivity index (χ4v) is 7.14. The van der Waals surface area contributed by atoms with Crippen molar-refractivity contribution in [3.63, 3.8) is 0 Å². The van der Waals surface area contributed by atoms with Gasteiger partial charge in [0.15, 0.2) is 0 Å². The molecule has 33 heavy (non-hydrogen) atoms. The molecule has 0 spiro atoms. The zero-order valence-electron chi connectivity index (χ0n) is 18.9. The van der Waals surface area contributed by atoms with Crippen LogP contribution in [0, 0.1) is 5.92 Å². The monoisotopic (exact) mass is 497 g/mol. The number of carboxylic acid groups (broad SMARTS) is 1. The van der Waals surface area contributed by atoms with Crippen LogP contribution < -0.4 is 0 Å². The van der Waals surface area contributed by atoms with E-state index in [2.05, 4.69) is 4.90 Å². The molecule has 3 aliphatic rings. The molecule has 0 aliphatic carbocycles. The number of sulfone groups is 1. The van der Waals surface area contributed by atoms with Gasteiger partial charge in [-0.3, -0.25) is 4.79 Å². The topological polar surface area (TPSA) is 98.2 Å². The fraction of sp³-hybridized carbons (Fsp3) is 0.652. The average molecular weight is 498 g/mol. The van der Waals surface area contributed by atoms with Gasteiger partial charge in [0, 0.05) is 43.0 Å². The first-order valence-corrected chi connectivity index (χ1v) is 13.8. The number of rotatable bonds is 4. The molecule has 1 aromatic carbocycles. The molecule has 3 aliphatic heterocycles. The predicted octanol–water partition coefficient (Wildman–Crippen LogP) is 2.53. The second-order valence-electron chi connectivity index (χ2n) is 9.56. The van der Waals surface area contributed by atoms with Crippen LogP contribution in [0.15, 0.2) is 24.3 Å². The first-order valence-electron chi connectivity index (χ1n) is 11.6. The highest BCUT2D eigenvalue weighted by molar-refractivity contribution is 7.91. The molecule has 2 amide bonds. The molecule has 3 saturated heterocycles. The van der Waals surface area contributed by atoms with Crippen molar-refractivity contribution in [1.29, 1.82) is 0 Å². The standard InChI is InChI=1S/C23H32ClN3O5S/c1-25(23(29)30)21-15-27(14-20(21)16-2-4-18(24)5-3-16)22(28)17-6-10-26(11-7-17)19-8-12-33(31,32)13-9-19/h2-5,17,19-21H,6-15H2,1H3,(H,29,30)/t20-,21+/m0/s1. The van der Waals surface area contributed by atoms with Gasteiger partial charge < -0.3 is 19.8 Å². The Hall–Kier alpha value is -1.84. The molecule has 4 rings (SSSR count). The van der Waals surface area contributed by atoms with Crippen LogP contribution in [-0.4, -0.2) is 97.0 Å². The molecule has 1 aromatic rings. The maximum atomic E-state index is 13.4. The third kappa shape index (κ3) is 5.46. The lowest BCUT2D eigenvalue weighted by atomic mass is 9.93. The maximum absolute atomic E-state index is 13.4. The minimum Gasteiger partial charge on any atom is -0.465 e. The van der Waals surface area contributed by atoms with Crippen molar-refractivity contribution >= 4 is 33.4 Å². The summed E-state index contributed by atoms with van der Waals surface area (Å²) in [6.07, 6.45) is 1.86. The lowest BCUT2D eigenvalue weighted by molar-refractivity contribution is -0.136. The van der Waals surface area contributed by atoms with Gasteiger partial charge in [-0.05, 0) is 56.5 Å². The van der Waals surface area contributed by atoms with Gasteiger partial charge >= 0.3 is 6.09 Å². The summed E-state index contributed by atoms with van der Waals surface area (Å²) in [5.74, 6) is 0.440. The van der Waals surface area contributed by atoms with Crippen molar-refractivity contribution in [2.75, 3.05) is 44.7 Å². The van der Waals surface area contributed by atoms with Crippen LogP contribution >= 0.6 is 11.6 Å². The number of hydrogen-bond donors (Lipinski definition) is 1. The van der Waals surface area contributed by atoms with Crippen LogP contribution in [0.4, 0.5) is 4.79 Å². The first-order chi connectivity index (χ1) is 15.6. The van der Waals surface area contributed by atoms with Gasteiger partial charge in [0.25, 0.3) is 0 Å². The number of likely N-dealkylation sites (tertiary alicyclic amines) is 2. The third-order valence-corrected chi connectivity index (χ3v) is 9.58. The fourth-order valence-electron chi connectivity index (χ4n) is 5.55. The number of hydrogen-bond acceptors (Lipinski definition) is 5. The summed E-state index contributed by atoms with van der Waals surface area (Å²) in [7, 11) is -1.32. The number of carbonyl (C=O) groups is 2. The van der Waals surface area contributed by atoms with Gasteiger partial charge in [-0.2, -0.15) is 0 Å². The van der Waals surface area contributed by atoms with Crippen molar-refractivity contribution in [1.82, 2.24) is 14.7 Å². The Morgan fingerprint density at radius 1 is 1.03 bits per heavy atom. The summed E-state index contributed by atoms with van der Waals surface area (Å²) < 4.78 is 23.4. The smallest absolute Gasteiger partial charge is 0.407 e. The Morgan fingerprint density at radius 3 is 2.21 bits per heavy atom. The van der Waals surface area contributed by atoms with Gasteiger partial charge in [0.2, 0.25) is 5.91 Å². The lowest BCUT2D eigenvalue weighted by Gasteiger charge is -2.39. The molecule has 0 bridgehead atoms. The molecule has 0 saturated carbocycles. The molecule has 1 N–H and O–H groups in total. The van der Waals surface area contributed by atoms with E-state index in [1.807, 2.05) is 17.0 Å². The van der Waals surface area contributed by atoms with Crippen molar-refractivity contribution in [2.45, 2.75) is 43.7 Å². The van der Waals surface area contributed by atoms with Crippen molar-refractivity contribution in [3.05, 3.63) is 34.9 Å². The second-order valence-corrected chi connectivity index (χ2v) is 12.3. The van der Waals surface area contributed by atoms with E-state index in [0.29, 0.717) is 37.0 Å². The van der Waals surface area contributed by atoms with E-state index in [1.165, 1.54) is 4.90 Å². The zero-order valence-corrected chi connectivity index (χ0v) is 20.5. The van der Waals surface area contributed by atoms with Crippen molar-refractivity contribution < 1.29 is 23.1 Å². The maximum Gasteiger partial charge on any atom is 0.407 e. The van der Waals surface area contributed by atoms with E-state index < -0.39 is 15.9 Å². The van der Waals surface area contributed by atoms with Crippen molar-refractivity contribution in [2.24, 2.45) is 5.92 Å². The number of likely N-dealkylation sites (N-methyl/N-ethyl adjacent to an activating group) is 1. The molecule has 182 valence electrons. The predicted molar refractivity (Wildman–Crippen MR) is 126 cm³/mol.